The number of amides is 1. The number of nitrogens with zero attached hydrogens (tertiary/aromatic N) is 2. The molecule has 0 bridgehead atoms. The van der Waals surface area contributed by atoms with E-state index in [0.717, 1.165) is 11.3 Å². The molecule has 0 spiro atoms. The van der Waals surface area contributed by atoms with Crippen molar-refractivity contribution in [3.05, 3.63) is 51.6 Å². The predicted molar refractivity (Wildman–Crippen MR) is 98.4 cm³/mol. The number of benzene rings is 1. The molecule has 8 heteroatoms. The van der Waals surface area contributed by atoms with Crippen molar-refractivity contribution in [2.24, 2.45) is 0 Å². The van der Waals surface area contributed by atoms with Gasteiger partial charge in [-0.05, 0) is 32.9 Å². The van der Waals surface area contributed by atoms with Crippen molar-refractivity contribution in [2.75, 3.05) is 21.3 Å². The summed E-state index contributed by atoms with van der Waals surface area (Å²) in [6.07, 6.45) is 0.610. The number of hydrogen-bond donors (Lipinski definition) is 4. The lowest BCUT2D eigenvalue weighted by Gasteiger charge is -2.33. The Kier molecular flexibility index (Phi) is 4.18. The molecule has 3 rings (SSSR count). The Balaban J connectivity index is 1.98. The van der Waals surface area contributed by atoms with Crippen LogP contribution in [0.15, 0.2) is 40.5 Å². The van der Waals surface area contributed by atoms with E-state index in [9.17, 15) is 9.59 Å². The molecule has 1 amide bonds. The molecular formula is C17H20N6O2. The second kappa shape index (κ2) is 6.31. The smallest absolute Gasteiger partial charge is 0.278 e. The highest BCUT2D eigenvalue weighted by molar-refractivity contribution is 5.89. The SMILES string of the molecule is CC1=C([C@@H](C)Nc2ccc(C)cc2)N(C=O)c2c(nc(N)[nH]c2=O)N1. The normalized spacial score (nSPS) is 14.6. The number of aromatic amines is 1. The van der Waals surface area contributed by atoms with Gasteiger partial charge in [0.05, 0.1) is 11.7 Å². The zero-order chi connectivity index (χ0) is 18.1. The molecule has 0 unspecified atom stereocenters. The van der Waals surface area contributed by atoms with Gasteiger partial charge in [0.1, 0.15) is 0 Å². The fourth-order valence-corrected chi connectivity index (χ4v) is 2.95. The fraction of sp³-hybridized carbons (Fsp3) is 0.235. The van der Waals surface area contributed by atoms with Crippen LogP contribution in [-0.4, -0.2) is 22.4 Å². The molecule has 0 aliphatic carbocycles. The highest BCUT2D eigenvalue weighted by Gasteiger charge is 2.30. The van der Waals surface area contributed by atoms with Crippen molar-refractivity contribution >= 4 is 29.6 Å². The third kappa shape index (κ3) is 3.06. The molecule has 1 aliphatic heterocycles. The van der Waals surface area contributed by atoms with E-state index < -0.39 is 5.56 Å². The summed E-state index contributed by atoms with van der Waals surface area (Å²) in [5.74, 6) is 0.251. The topological polar surface area (TPSA) is 116 Å². The zero-order valence-electron chi connectivity index (χ0n) is 14.3. The van der Waals surface area contributed by atoms with Crippen molar-refractivity contribution in [1.82, 2.24) is 9.97 Å². The van der Waals surface area contributed by atoms with Crippen LogP contribution in [0.4, 0.5) is 23.1 Å². The number of H-pyrrole nitrogens is 1. The van der Waals surface area contributed by atoms with Crippen LogP contribution >= 0.6 is 0 Å². The Morgan fingerprint density at radius 2 is 1.96 bits per heavy atom. The van der Waals surface area contributed by atoms with E-state index in [-0.39, 0.29) is 23.5 Å². The molecule has 0 saturated carbocycles. The van der Waals surface area contributed by atoms with Crippen molar-refractivity contribution in [3.8, 4) is 0 Å². The van der Waals surface area contributed by atoms with Gasteiger partial charge in [-0.3, -0.25) is 19.5 Å². The van der Waals surface area contributed by atoms with Crippen molar-refractivity contribution in [2.45, 2.75) is 26.8 Å². The Morgan fingerprint density at radius 3 is 2.60 bits per heavy atom. The second-order valence-electron chi connectivity index (χ2n) is 5.99. The number of allylic oxidation sites excluding steroid dienone is 1. The second-order valence-corrected chi connectivity index (χ2v) is 5.99. The van der Waals surface area contributed by atoms with E-state index in [4.69, 9.17) is 5.73 Å². The first-order valence-corrected chi connectivity index (χ1v) is 7.86. The Bertz CT molecular complexity index is 900. The summed E-state index contributed by atoms with van der Waals surface area (Å²) in [5.41, 5.74) is 8.66. The van der Waals surface area contributed by atoms with Gasteiger partial charge < -0.3 is 16.4 Å². The fourth-order valence-electron chi connectivity index (χ4n) is 2.95. The summed E-state index contributed by atoms with van der Waals surface area (Å²) < 4.78 is 0. The molecule has 1 atom stereocenters. The Hall–Kier alpha value is -3.29. The zero-order valence-corrected chi connectivity index (χ0v) is 14.3. The van der Waals surface area contributed by atoms with Gasteiger partial charge in [-0.15, -0.1) is 0 Å². The average Bonchev–Trinajstić information content (AvgIpc) is 2.55. The van der Waals surface area contributed by atoms with Gasteiger partial charge in [0.2, 0.25) is 12.4 Å². The predicted octanol–water partition coefficient (Wildman–Crippen LogP) is 1.78. The molecule has 0 fully saturated rings. The van der Waals surface area contributed by atoms with Crippen LogP contribution in [0.25, 0.3) is 0 Å². The minimum atomic E-state index is -0.477. The maximum atomic E-state index is 12.3. The minimum Gasteiger partial charge on any atom is -0.377 e. The lowest BCUT2D eigenvalue weighted by atomic mass is 10.1. The monoisotopic (exact) mass is 340 g/mol. The van der Waals surface area contributed by atoms with Gasteiger partial charge in [0.15, 0.2) is 11.5 Å². The summed E-state index contributed by atoms with van der Waals surface area (Å²) in [6.45, 7) is 5.75. The summed E-state index contributed by atoms with van der Waals surface area (Å²) in [5, 5.41) is 6.40. The number of rotatable bonds is 4. The van der Waals surface area contributed by atoms with Crippen LogP contribution in [0, 0.1) is 6.92 Å². The van der Waals surface area contributed by atoms with E-state index >= 15 is 0 Å². The number of aryl methyl sites for hydroxylation is 1. The number of hydrogen-bond acceptors (Lipinski definition) is 6. The molecule has 0 radical (unpaired) electrons. The summed E-state index contributed by atoms with van der Waals surface area (Å²) in [6, 6.07) is 7.70. The van der Waals surface area contributed by atoms with Gasteiger partial charge in [-0.1, -0.05) is 17.7 Å². The molecule has 1 aromatic heterocycles. The number of aromatic nitrogens is 2. The molecular weight excluding hydrogens is 320 g/mol. The summed E-state index contributed by atoms with van der Waals surface area (Å²) >= 11 is 0. The maximum absolute atomic E-state index is 12.3. The van der Waals surface area contributed by atoms with Crippen molar-refractivity contribution < 1.29 is 4.79 Å². The Labute approximate surface area is 144 Å². The van der Waals surface area contributed by atoms with E-state index in [2.05, 4.69) is 20.6 Å². The van der Waals surface area contributed by atoms with E-state index in [1.807, 2.05) is 45.0 Å². The number of anilines is 4. The van der Waals surface area contributed by atoms with Crippen LogP contribution in [0.5, 0.6) is 0 Å². The third-order valence-corrected chi connectivity index (χ3v) is 4.05. The first-order chi connectivity index (χ1) is 11.9. The number of carbonyl (C=O) groups is 1. The van der Waals surface area contributed by atoms with Crippen LogP contribution in [0.2, 0.25) is 0 Å². The van der Waals surface area contributed by atoms with E-state index in [1.165, 1.54) is 4.90 Å². The van der Waals surface area contributed by atoms with Crippen LogP contribution in [0.3, 0.4) is 0 Å². The molecule has 25 heavy (non-hydrogen) atoms. The van der Waals surface area contributed by atoms with Crippen molar-refractivity contribution in [1.29, 1.82) is 0 Å². The molecule has 1 aliphatic rings. The van der Waals surface area contributed by atoms with Crippen LogP contribution < -0.4 is 26.8 Å². The standard InChI is InChI=1S/C17H20N6O2/c1-9-4-6-12(7-5-9)19-10(2)13-11(3)20-15-14(23(13)8-24)16(25)22-17(18)21-15/h4-8,10,19H,1-3H3,(H4,18,20,21,22,25)/t10-/m1/s1. The molecule has 5 N–H and O–H groups in total. The third-order valence-electron chi connectivity index (χ3n) is 4.05. The van der Waals surface area contributed by atoms with Gasteiger partial charge in [0, 0.05) is 11.4 Å². The van der Waals surface area contributed by atoms with E-state index in [1.54, 1.807) is 0 Å². The molecule has 0 saturated heterocycles. The first-order valence-electron chi connectivity index (χ1n) is 7.86. The van der Waals surface area contributed by atoms with Gasteiger partial charge >= 0.3 is 0 Å². The number of nitrogens with one attached hydrogen (secondary N) is 3. The quantitative estimate of drug-likeness (QED) is 0.631. The Morgan fingerprint density at radius 1 is 1.28 bits per heavy atom. The molecule has 130 valence electrons. The average molecular weight is 340 g/mol. The minimum absolute atomic E-state index is 0.0100. The largest absolute Gasteiger partial charge is 0.377 e. The number of fused-ring (bicyclic) bond motifs is 1. The molecule has 8 nitrogen and oxygen atoms in total. The van der Waals surface area contributed by atoms with Gasteiger partial charge in [-0.25, -0.2) is 0 Å². The number of nitrogens with two attached hydrogens (primary N) is 1. The van der Waals surface area contributed by atoms with Gasteiger partial charge in [-0.2, -0.15) is 4.98 Å². The van der Waals surface area contributed by atoms with Crippen LogP contribution in [-0.2, 0) is 4.79 Å². The van der Waals surface area contributed by atoms with Crippen LogP contribution in [0.1, 0.15) is 19.4 Å². The highest BCUT2D eigenvalue weighted by atomic mass is 16.1. The molecule has 2 heterocycles. The summed E-state index contributed by atoms with van der Waals surface area (Å²) in [7, 11) is 0. The number of nitrogen functional groups attached to an aromatic ring is 1. The van der Waals surface area contributed by atoms with E-state index in [0.29, 0.717) is 17.8 Å². The number of carbonyl (C=O) groups excluding carboxylic acids is 1. The van der Waals surface area contributed by atoms with Crippen molar-refractivity contribution in [3.63, 3.8) is 0 Å². The first kappa shape index (κ1) is 16.6. The molecule has 2 aromatic rings. The lowest BCUT2D eigenvalue weighted by Crippen LogP contribution is -2.40. The summed E-state index contributed by atoms with van der Waals surface area (Å²) in [4.78, 5) is 31.8. The molecule has 1 aromatic carbocycles. The van der Waals surface area contributed by atoms with Gasteiger partial charge in [0.25, 0.3) is 5.56 Å². The maximum Gasteiger partial charge on any atom is 0.278 e. The lowest BCUT2D eigenvalue weighted by molar-refractivity contribution is -0.107. The highest BCUT2D eigenvalue weighted by Crippen LogP contribution is 2.32.